The Labute approximate surface area is 111 Å². The van der Waals surface area contributed by atoms with Gasteiger partial charge in [-0.25, -0.2) is 4.99 Å². The molecule has 100 valence electrons. The first-order valence-electron chi connectivity index (χ1n) is 6.10. The summed E-state index contributed by atoms with van der Waals surface area (Å²) in [5.41, 5.74) is 1.02. The number of aliphatic hydroxyl groups is 2. The maximum Gasteiger partial charge on any atom is 0.268 e. The normalized spacial score (nSPS) is 19.2. The number of amides is 1. The molecule has 0 aromatic heterocycles. The van der Waals surface area contributed by atoms with Crippen molar-refractivity contribution in [2.75, 3.05) is 6.61 Å². The molecule has 2 N–H and O–H groups in total. The number of aliphatic hydroxyl groups excluding tert-OH is 2. The fraction of sp³-hybridized carbons (Fsp3) is 0.286. The van der Waals surface area contributed by atoms with Gasteiger partial charge in [-0.15, -0.1) is 0 Å². The Morgan fingerprint density at radius 2 is 2.00 bits per heavy atom. The molecule has 1 aliphatic heterocycles. The van der Waals surface area contributed by atoms with Crippen LogP contribution in [-0.4, -0.2) is 39.9 Å². The molecule has 0 aliphatic carbocycles. The lowest BCUT2D eigenvalue weighted by Crippen LogP contribution is -2.36. The minimum absolute atomic E-state index is 0.0651. The molecule has 0 bridgehead atoms. The third-order valence-corrected chi connectivity index (χ3v) is 2.92. The number of nitrogens with zero attached hydrogens (tertiary/aromatic N) is 2. The van der Waals surface area contributed by atoms with Gasteiger partial charge in [-0.2, -0.15) is 0 Å². The molecule has 0 saturated carbocycles. The van der Waals surface area contributed by atoms with Crippen molar-refractivity contribution in [3.63, 3.8) is 0 Å². The van der Waals surface area contributed by atoms with E-state index in [-0.39, 0.29) is 24.7 Å². The second kappa shape index (κ2) is 6.15. The van der Waals surface area contributed by atoms with Gasteiger partial charge in [0.25, 0.3) is 5.91 Å². The zero-order chi connectivity index (χ0) is 13.7. The lowest BCUT2D eigenvalue weighted by Gasteiger charge is -2.27. The van der Waals surface area contributed by atoms with E-state index in [0.29, 0.717) is 6.54 Å². The van der Waals surface area contributed by atoms with Gasteiger partial charge >= 0.3 is 0 Å². The standard InChI is InChI=1S/C14H16N2O3/c17-7-6-13-14(19)15-8-12(18)10-16(13)9-11-4-2-1-3-5-11/h1-5,8,10,13,17-18H,6-7,9H2/t13-/m0/s1. The van der Waals surface area contributed by atoms with Crippen LogP contribution >= 0.6 is 0 Å². The van der Waals surface area contributed by atoms with E-state index in [4.69, 9.17) is 5.11 Å². The predicted octanol–water partition coefficient (Wildman–Crippen LogP) is 1.25. The third-order valence-electron chi connectivity index (χ3n) is 2.92. The second-order valence-electron chi connectivity index (χ2n) is 4.34. The molecule has 5 nitrogen and oxygen atoms in total. The summed E-state index contributed by atoms with van der Waals surface area (Å²) in [7, 11) is 0. The maximum absolute atomic E-state index is 11.9. The summed E-state index contributed by atoms with van der Waals surface area (Å²) in [5, 5.41) is 18.7. The summed E-state index contributed by atoms with van der Waals surface area (Å²) in [6, 6.07) is 9.07. The summed E-state index contributed by atoms with van der Waals surface area (Å²) in [6.45, 7) is 0.372. The number of aliphatic imine (C=N–C) groups is 1. The number of allylic oxidation sites excluding steroid dienone is 1. The fourth-order valence-electron chi connectivity index (χ4n) is 2.01. The van der Waals surface area contributed by atoms with Crippen molar-refractivity contribution in [1.82, 2.24) is 4.90 Å². The molecular weight excluding hydrogens is 244 g/mol. The van der Waals surface area contributed by atoms with Crippen LogP contribution in [0.5, 0.6) is 0 Å². The van der Waals surface area contributed by atoms with E-state index < -0.39 is 6.04 Å². The van der Waals surface area contributed by atoms with E-state index in [1.54, 1.807) is 4.90 Å². The average molecular weight is 260 g/mol. The highest BCUT2D eigenvalue weighted by Gasteiger charge is 2.25. The summed E-state index contributed by atoms with van der Waals surface area (Å²) in [6.07, 6.45) is 2.91. The number of hydrogen-bond acceptors (Lipinski definition) is 4. The largest absolute Gasteiger partial charge is 0.505 e. The van der Waals surface area contributed by atoms with Gasteiger partial charge < -0.3 is 15.1 Å². The molecule has 1 heterocycles. The van der Waals surface area contributed by atoms with Gasteiger partial charge in [0.05, 0.1) is 6.21 Å². The highest BCUT2D eigenvalue weighted by Crippen LogP contribution is 2.16. The van der Waals surface area contributed by atoms with Gasteiger partial charge in [0, 0.05) is 19.4 Å². The molecule has 0 radical (unpaired) electrons. The summed E-state index contributed by atoms with van der Waals surface area (Å²) in [5.74, 6) is -0.421. The van der Waals surface area contributed by atoms with Gasteiger partial charge in [-0.3, -0.25) is 4.79 Å². The molecule has 1 aliphatic rings. The molecular formula is C14H16N2O3. The Morgan fingerprint density at radius 1 is 1.26 bits per heavy atom. The van der Waals surface area contributed by atoms with Gasteiger partial charge in [0.2, 0.25) is 0 Å². The minimum Gasteiger partial charge on any atom is -0.505 e. The second-order valence-corrected chi connectivity index (χ2v) is 4.34. The number of carbonyl (C=O) groups excluding carboxylic acids is 1. The average Bonchev–Trinajstić information content (AvgIpc) is 2.54. The Bertz CT molecular complexity index is 497. The molecule has 1 amide bonds. The molecule has 0 spiro atoms. The van der Waals surface area contributed by atoms with Crippen LogP contribution in [0.2, 0.25) is 0 Å². The van der Waals surface area contributed by atoms with Crippen LogP contribution in [0.15, 0.2) is 47.3 Å². The highest BCUT2D eigenvalue weighted by molar-refractivity contribution is 5.94. The lowest BCUT2D eigenvalue weighted by atomic mass is 10.1. The Hall–Kier alpha value is -2.14. The van der Waals surface area contributed by atoms with Gasteiger partial charge in [-0.1, -0.05) is 30.3 Å². The van der Waals surface area contributed by atoms with Crippen molar-refractivity contribution in [1.29, 1.82) is 0 Å². The first-order valence-corrected chi connectivity index (χ1v) is 6.10. The molecule has 0 saturated heterocycles. The van der Waals surface area contributed by atoms with E-state index in [0.717, 1.165) is 11.8 Å². The van der Waals surface area contributed by atoms with E-state index in [1.807, 2.05) is 30.3 Å². The molecule has 0 fully saturated rings. The SMILES string of the molecule is O=C1N=CC(O)=CN(Cc2ccccc2)[C@H]1CCO. The molecule has 2 rings (SSSR count). The molecule has 19 heavy (non-hydrogen) atoms. The van der Waals surface area contributed by atoms with Crippen molar-refractivity contribution in [3.8, 4) is 0 Å². The van der Waals surface area contributed by atoms with Crippen LogP contribution in [0.4, 0.5) is 0 Å². The monoisotopic (exact) mass is 260 g/mol. The molecule has 1 atom stereocenters. The van der Waals surface area contributed by atoms with Gasteiger partial charge in [0.15, 0.2) is 0 Å². The van der Waals surface area contributed by atoms with Crippen molar-refractivity contribution >= 4 is 12.1 Å². The molecule has 5 heteroatoms. The summed E-state index contributed by atoms with van der Waals surface area (Å²) >= 11 is 0. The highest BCUT2D eigenvalue weighted by atomic mass is 16.3. The zero-order valence-electron chi connectivity index (χ0n) is 10.4. The van der Waals surface area contributed by atoms with Crippen LogP contribution in [0.3, 0.4) is 0 Å². The summed E-state index contributed by atoms with van der Waals surface area (Å²) in [4.78, 5) is 17.2. The maximum atomic E-state index is 11.9. The quantitative estimate of drug-likeness (QED) is 0.854. The topological polar surface area (TPSA) is 73.1 Å². The first-order chi connectivity index (χ1) is 9.20. The van der Waals surface area contributed by atoms with Gasteiger partial charge in [0.1, 0.15) is 11.8 Å². The Morgan fingerprint density at radius 3 is 2.68 bits per heavy atom. The van der Waals surface area contributed by atoms with E-state index in [2.05, 4.69) is 4.99 Å². The molecule has 1 aromatic rings. The van der Waals surface area contributed by atoms with Crippen LogP contribution in [0, 0.1) is 0 Å². The van der Waals surface area contributed by atoms with Crippen LogP contribution < -0.4 is 0 Å². The van der Waals surface area contributed by atoms with Gasteiger partial charge in [-0.05, 0) is 12.0 Å². The van der Waals surface area contributed by atoms with Crippen LogP contribution in [0.1, 0.15) is 12.0 Å². The Balaban J connectivity index is 2.23. The fourth-order valence-corrected chi connectivity index (χ4v) is 2.01. The van der Waals surface area contributed by atoms with Crippen molar-refractivity contribution in [3.05, 3.63) is 47.9 Å². The van der Waals surface area contributed by atoms with Crippen molar-refractivity contribution < 1.29 is 15.0 Å². The number of hydrogen-bond donors (Lipinski definition) is 2. The smallest absolute Gasteiger partial charge is 0.268 e. The van der Waals surface area contributed by atoms with E-state index >= 15 is 0 Å². The first kappa shape index (κ1) is 13.3. The number of carbonyl (C=O) groups is 1. The third kappa shape index (κ3) is 3.42. The van der Waals surface area contributed by atoms with Crippen LogP contribution in [0.25, 0.3) is 0 Å². The molecule has 1 aromatic carbocycles. The lowest BCUT2D eigenvalue weighted by molar-refractivity contribution is -0.122. The predicted molar refractivity (Wildman–Crippen MR) is 71.7 cm³/mol. The van der Waals surface area contributed by atoms with Crippen LogP contribution in [-0.2, 0) is 11.3 Å². The molecule has 0 unspecified atom stereocenters. The Kier molecular flexibility index (Phi) is 4.30. The van der Waals surface area contributed by atoms with E-state index in [1.165, 1.54) is 6.20 Å². The zero-order valence-corrected chi connectivity index (χ0v) is 10.4. The number of benzene rings is 1. The van der Waals surface area contributed by atoms with Crippen molar-refractivity contribution in [2.45, 2.75) is 19.0 Å². The van der Waals surface area contributed by atoms with Crippen molar-refractivity contribution in [2.24, 2.45) is 4.99 Å². The number of rotatable bonds is 4. The van der Waals surface area contributed by atoms with E-state index in [9.17, 15) is 9.90 Å². The minimum atomic E-state index is -0.550. The summed E-state index contributed by atoms with van der Waals surface area (Å²) < 4.78 is 0.